The van der Waals surface area contributed by atoms with E-state index in [4.69, 9.17) is 9.47 Å². The van der Waals surface area contributed by atoms with Gasteiger partial charge in [-0.15, -0.1) is 0 Å². The van der Waals surface area contributed by atoms with Crippen LogP contribution in [0.1, 0.15) is 16.9 Å². The van der Waals surface area contributed by atoms with E-state index in [2.05, 4.69) is 15.2 Å². The Morgan fingerprint density at radius 1 is 1.24 bits per heavy atom. The van der Waals surface area contributed by atoms with Crippen LogP contribution >= 0.6 is 0 Å². The SMILES string of the molecule is O=C(NC[C@@H]([C@H]1CCOC1)N1CCOCC1)c1cc2ccccc2[nH]1. The first-order valence-electron chi connectivity index (χ1n) is 9.07. The zero-order valence-electron chi connectivity index (χ0n) is 14.4. The van der Waals surface area contributed by atoms with Crippen LogP contribution < -0.4 is 5.32 Å². The molecule has 134 valence electrons. The summed E-state index contributed by atoms with van der Waals surface area (Å²) in [4.78, 5) is 18.2. The molecule has 2 saturated heterocycles. The zero-order chi connectivity index (χ0) is 17.1. The number of fused-ring (bicyclic) bond motifs is 1. The highest BCUT2D eigenvalue weighted by atomic mass is 16.5. The number of nitrogens with zero attached hydrogens (tertiary/aromatic N) is 1. The molecule has 1 aromatic carbocycles. The number of aromatic amines is 1. The lowest BCUT2D eigenvalue weighted by Crippen LogP contribution is -2.52. The molecule has 0 unspecified atom stereocenters. The van der Waals surface area contributed by atoms with E-state index in [-0.39, 0.29) is 5.91 Å². The van der Waals surface area contributed by atoms with Crippen molar-refractivity contribution in [3.63, 3.8) is 0 Å². The summed E-state index contributed by atoms with van der Waals surface area (Å²) < 4.78 is 11.1. The number of rotatable bonds is 5. The summed E-state index contributed by atoms with van der Waals surface area (Å²) in [6.45, 7) is 5.61. The minimum absolute atomic E-state index is 0.0478. The maximum atomic E-state index is 12.6. The molecular weight excluding hydrogens is 318 g/mol. The summed E-state index contributed by atoms with van der Waals surface area (Å²) >= 11 is 0. The maximum absolute atomic E-state index is 12.6. The van der Waals surface area contributed by atoms with Gasteiger partial charge in [0.1, 0.15) is 5.69 Å². The van der Waals surface area contributed by atoms with Crippen molar-refractivity contribution < 1.29 is 14.3 Å². The van der Waals surface area contributed by atoms with Crippen LogP contribution in [0.2, 0.25) is 0 Å². The third-order valence-electron chi connectivity index (χ3n) is 5.27. The van der Waals surface area contributed by atoms with Gasteiger partial charge in [0.05, 0.1) is 19.8 Å². The van der Waals surface area contributed by atoms with Gasteiger partial charge in [0.15, 0.2) is 0 Å². The predicted octanol–water partition coefficient (Wildman–Crippen LogP) is 1.64. The highest BCUT2D eigenvalue weighted by Gasteiger charge is 2.31. The largest absolute Gasteiger partial charge is 0.381 e. The first-order chi connectivity index (χ1) is 12.3. The Bertz CT molecular complexity index is 685. The monoisotopic (exact) mass is 343 g/mol. The fourth-order valence-electron chi connectivity index (χ4n) is 3.85. The second kappa shape index (κ2) is 7.56. The minimum atomic E-state index is -0.0478. The second-order valence-electron chi connectivity index (χ2n) is 6.82. The molecule has 0 saturated carbocycles. The molecule has 2 N–H and O–H groups in total. The van der Waals surface area contributed by atoms with Gasteiger partial charge in [-0.1, -0.05) is 18.2 Å². The van der Waals surface area contributed by atoms with Crippen LogP contribution in [0, 0.1) is 5.92 Å². The Morgan fingerprint density at radius 2 is 2.08 bits per heavy atom. The predicted molar refractivity (Wildman–Crippen MR) is 95.7 cm³/mol. The number of nitrogens with one attached hydrogen (secondary N) is 2. The highest BCUT2D eigenvalue weighted by Crippen LogP contribution is 2.22. The van der Waals surface area contributed by atoms with Crippen LogP contribution in [0.3, 0.4) is 0 Å². The normalized spacial score (nSPS) is 23.0. The summed E-state index contributed by atoms with van der Waals surface area (Å²) in [5, 5.41) is 4.18. The van der Waals surface area contributed by atoms with Crippen molar-refractivity contribution in [2.45, 2.75) is 12.5 Å². The van der Waals surface area contributed by atoms with Gasteiger partial charge in [-0.3, -0.25) is 9.69 Å². The summed E-state index contributed by atoms with van der Waals surface area (Å²) in [5.41, 5.74) is 1.60. The molecule has 2 aromatic rings. The van der Waals surface area contributed by atoms with Crippen molar-refractivity contribution in [2.75, 3.05) is 46.1 Å². The number of hydrogen-bond acceptors (Lipinski definition) is 4. The van der Waals surface area contributed by atoms with Crippen LogP contribution in [0.5, 0.6) is 0 Å². The number of amides is 1. The lowest BCUT2D eigenvalue weighted by atomic mass is 9.97. The fraction of sp³-hybridized carbons (Fsp3) is 0.526. The maximum Gasteiger partial charge on any atom is 0.267 e. The summed E-state index contributed by atoms with van der Waals surface area (Å²) in [6, 6.07) is 10.2. The van der Waals surface area contributed by atoms with E-state index in [1.807, 2.05) is 30.3 Å². The van der Waals surface area contributed by atoms with Crippen LogP contribution in [-0.4, -0.2) is 67.9 Å². The first-order valence-corrected chi connectivity index (χ1v) is 9.07. The molecule has 1 amide bonds. The lowest BCUT2D eigenvalue weighted by molar-refractivity contribution is 0.00165. The molecule has 2 fully saturated rings. The standard InChI is InChI=1S/C19H25N3O3/c23-19(17-11-14-3-1-2-4-16(14)21-17)20-12-18(15-5-8-25-13-15)22-6-9-24-10-7-22/h1-4,11,15,18,21H,5-10,12-13H2,(H,20,23)/t15-,18-/m0/s1. The van der Waals surface area contributed by atoms with Crippen molar-refractivity contribution in [2.24, 2.45) is 5.92 Å². The van der Waals surface area contributed by atoms with Crippen LogP contribution in [0.4, 0.5) is 0 Å². The van der Waals surface area contributed by atoms with Crippen LogP contribution in [0.15, 0.2) is 30.3 Å². The molecule has 6 nitrogen and oxygen atoms in total. The Labute approximate surface area is 147 Å². The average Bonchev–Trinajstić information content (AvgIpc) is 3.32. The molecule has 2 aliphatic heterocycles. The van der Waals surface area contributed by atoms with Gasteiger partial charge < -0.3 is 19.8 Å². The fourth-order valence-corrected chi connectivity index (χ4v) is 3.85. The van der Waals surface area contributed by atoms with Crippen molar-refractivity contribution >= 4 is 16.8 Å². The molecule has 25 heavy (non-hydrogen) atoms. The van der Waals surface area contributed by atoms with Crippen LogP contribution in [0.25, 0.3) is 10.9 Å². The van der Waals surface area contributed by atoms with Gasteiger partial charge >= 0.3 is 0 Å². The van der Waals surface area contributed by atoms with Gasteiger partial charge in [-0.05, 0) is 18.6 Å². The molecule has 2 aliphatic rings. The molecule has 6 heteroatoms. The summed E-state index contributed by atoms with van der Waals surface area (Å²) in [6.07, 6.45) is 1.06. The Kier molecular flexibility index (Phi) is 5.01. The van der Waals surface area contributed by atoms with E-state index >= 15 is 0 Å². The molecule has 0 radical (unpaired) electrons. The molecule has 2 atom stereocenters. The van der Waals surface area contributed by atoms with Crippen molar-refractivity contribution in [1.29, 1.82) is 0 Å². The van der Waals surface area contributed by atoms with Crippen LogP contribution in [-0.2, 0) is 9.47 Å². The van der Waals surface area contributed by atoms with Gasteiger partial charge in [-0.2, -0.15) is 0 Å². The number of carbonyl (C=O) groups excluding carboxylic acids is 1. The Hall–Kier alpha value is -1.89. The van der Waals surface area contributed by atoms with Gasteiger partial charge in [0.25, 0.3) is 5.91 Å². The molecule has 0 aliphatic carbocycles. The van der Waals surface area contributed by atoms with Gasteiger partial charge in [0, 0.05) is 49.1 Å². The first kappa shape index (κ1) is 16.6. The number of H-pyrrole nitrogens is 1. The smallest absolute Gasteiger partial charge is 0.267 e. The molecule has 0 bridgehead atoms. The summed E-state index contributed by atoms with van der Waals surface area (Å²) in [7, 11) is 0. The average molecular weight is 343 g/mol. The highest BCUT2D eigenvalue weighted by molar-refractivity contribution is 5.97. The van der Waals surface area contributed by atoms with E-state index in [1.54, 1.807) is 0 Å². The van der Waals surface area contributed by atoms with E-state index < -0.39 is 0 Å². The molecule has 1 aromatic heterocycles. The lowest BCUT2D eigenvalue weighted by Gasteiger charge is -2.37. The Morgan fingerprint density at radius 3 is 2.84 bits per heavy atom. The number of benzene rings is 1. The molecular formula is C19H25N3O3. The van der Waals surface area contributed by atoms with Crippen molar-refractivity contribution in [3.05, 3.63) is 36.0 Å². The third kappa shape index (κ3) is 3.71. The topological polar surface area (TPSA) is 66.6 Å². The summed E-state index contributed by atoms with van der Waals surface area (Å²) in [5.74, 6) is 0.425. The van der Waals surface area contributed by atoms with Crippen molar-refractivity contribution in [3.8, 4) is 0 Å². The van der Waals surface area contributed by atoms with E-state index in [9.17, 15) is 4.79 Å². The molecule has 3 heterocycles. The number of aromatic nitrogens is 1. The quantitative estimate of drug-likeness (QED) is 0.866. The number of carbonyl (C=O) groups is 1. The van der Waals surface area contributed by atoms with E-state index in [1.165, 1.54) is 0 Å². The third-order valence-corrected chi connectivity index (χ3v) is 5.27. The number of ether oxygens (including phenoxy) is 2. The number of morpholine rings is 1. The number of hydrogen-bond donors (Lipinski definition) is 2. The second-order valence-corrected chi connectivity index (χ2v) is 6.82. The van der Waals surface area contributed by atoms with Gasteiger partial charge in [0.2, 0.25) is 0 Å². The zero-order valence-corrected chi connectivity index (χ0v) is 14.4. The van der Waals surface area contributed by atoms with E-state index in [0.717, 1.165) is 56.8 Å². The molecule has 0 spiro atoms. The number of para-hydroxylation sites is 1. The van der Waals surface area contributed by atoms with E-state index in [0.29, 0.717) is 24.2 Å². The van der Waals surface area contributed by atoms with Gasteiger partial charge in [-0.25, -0.2) is 0 Å². The minimum Gasteiger partial charge on any atom is -0.381 e. The van der Waals surface area contributed by atoms with Crippen molar-refractivity contribution in [1.82, 2.24) is 15.2 Å². The molecule has 4 rings (SSSR count). The Balaban J connectivity index is 1.43.